The number of alkyl halides is 1. The van der Waals surface area contributed by atoms with Crippen LogP contribution in [0.1, 0.15) is 35.0 Å². The molecule has 2 aliphatic rings. The molecule has 128 valence electrons. The Morgan fingerprint density at radius 2 is 2.24 bits per heavy atom. The topological polar surface area (TPSA) is 98.5 Å². The van der Waals surface area contributed by atoms with Crippen LogP contribution in [0.4, 0.5) is 0 Å². The molecule has 1 aromatic rings. The Morgan fingerprint density at radius 1 is 1.52 bits per heavy atom. The number of nitrogens with zero attached hydrogens (tertiary/aromatic N) is 2. The number of nitriles is 1. The standard InChI is InChI=1S/C17H13ClN2O4S/c1-8-11(4-16(22)23)12-3-15(21)13(18)5-14(12)20(8)17(24)9-2-10(6-19)25-7-9/h2-3,7,13-14H,4-5H2,1H3,(H,22,23). The van der Waals surface area contributed by atoms with Gasteiger partial charge in [0.15, 0.2) is 5.78 Å². The number of carboxylic acid groups (broad SMARTS) is 1. The molecule has 0 bridgehead atoms. The third-order valence-electron chi connectivity index (χ3n) is 4.36. The molecule has 8 heteroatoms. The van der Waals surface area contributed by atoms with Crippen molar-refractivity contribution in [1.82, 2.24) is 4.90 Å². The van der Waals surface area contributed by atoms with Crippen molar-refractivity contribution in [2.45, 2.75) is 31.2 Å². The summed E-state index contributed by atoms with van der Waals surface area (Å²) in [5, 5.41) is 19.0. The highest BCUT2D eigenvalue weighted by atomic mass is 35.5. The van der Waals surface area contributed by atoms with Gasteiger partial charge in [0, 0.05) is 11.1 Å². The maximum atomic E-state index is 12.9. The van der Waals surface area contributed by atoms with E-state index in [9.17, 15) is 14.4 Å². The van der Waals surface area contributed by atoms with Gasteiger partial charge in [-0.25, -0.2) is 0 Å². The fourth-order valence-corrected chi connectivity index (χ4v) is 4.12. The first-order chi connectivity index (χ1) is 11.8. The summed E-state index contributed by atoms with van der Waals surface area (Å²) < 4.78 is 0. The van der Waals surface area contributed by atoms with Crippen LogP contribution in [0.15, 0.2) is 34.4 Å². The third kappa shape index (κ3) is 2.99. The number of carbonyl (C=O) groups excluding carboxylic acids is 2. The van der Waals surface area contributed by atoms with Gasteiger partial charge in [0.05, 0.1) is 23.4 Å². The molecule has 0 saturated carbocycles. The van der Waals surface area contributed by atoms with E-state index in [0.717, 1.165) is 0 Å². The zero-order chi connectivity index (χ0) is 18.3. The Morgan fingerprint density at radius 3 is 2.84 bits per heavy atom. The third-order valence-corrected chi connectivity index (χ3v) is 5.59. The highest BCUT2D eigenvalue weighted by Crippen LogP contribution is 2.41. The minimum Gasteiger partial charge on any atom is -0.481 e. The predicted octanol–water partition coefficient (Wildman–Crippen LogP) is 2.70. The summed E-state index contributed by atoms with van der Waals surface area (Å²) in [7, 11) is 0. The maximum absolute atomic E-state index is 12.9. The minimum atomic E-state index is -1.04. The van der Waals surface area contributed by atoms with Gasteiger partial charge < -0.3 is 10.0 Å². The molecule has 0 fully saturated rings. The van der Waals surface area contributed by atoms with Gasteiger partial charge in [0.25, 0.3) is 5.91 Å². The van der Waals surface area contributed by atoms with Crippen LogP contribution in [0, 0.1) is 11.3 Å². The SMILES string of the molecule is CC1=C(CC(=O)O)C2=CC(=O)C(Cl)CC2N1C(=O)c1csc(C#N)c1. The minimum absolute atomic E-state index is 0.230. The number of carboxylic acids is 1. The van der Waals surface area contributed by atoms with Crippen molar-refractivity contribution in [1.29, 1.82) is 5.26 Å². The van der Waals surface area contributed by atoms with Crippen LogP contribution in [0.3, 0.4) is 0 Å². The van der Waals surface area contributed by atoms with Crippen molar-refractivity contribution >= 4 is 40.6 Å². The quantitative estimate of drug-likeness (QED) is 0.818. The number of thiophene rings is 1. The number of amides is 1. The van der Waals surface area contributed by atoms with Crippen molar-refractivity contribution in [3.8, 4) is 6.07 Å². The Hall–Kier alpha value is -2.43. The predicted molar refractivity (Wildman–Crippen MR) is 91.3 cm³/mol. The van der Waals surface area contributed by atoms with E-state index in [4.69, 9.17) is 22.0 Å². The number of allylic oxidation sites excluding steroid dienone is 2. The average molecular weight is 377 g/mol. The molecule has 1 amide bonds. The number of halogens is 1. The zero-order valence-electron chi connectivity index (χ0n) is 13.2. The number of hydrogen-bond acceptors (Lipinski definition) is 5. The summed E-state index contributed by atoms with van der Waals surface area (Å²) in [6, 6.07) is 3.03. The average Bonchev–Trinajstić information content (AvgIpc) is 3.12. The summed E-state index contributed by atoms with van der Waals surface area (Å²) in [6.45, 7) is 1.67. The van der Waals surface area contributed by atoms with E-state index in [0.29, 0.717) is 27.3 Å². The zero-order valence-corrected chi connectivity index (χ0v) is 14.7. The molecular formula is C17H13ClN2O4S. The molecule has 0 radical (unpaired) electrons. The molecule has 25 heavy (non-hydrogen) atoms. The lowest BCUT2D eigenvalue weighted by molar-refractivity contribution is -0.136. The van der Waals surface area contributed by atoms with E-state index in [-0.39, 0.29) is 24.5 Å². The highest BCUT2D eigenvalue weighted by molar-refractivity contribution is 7.10. The first kappa shape index (κ1) is 17.4. The Labute approximate surface area is 152 Å². The van der Waals surface area contributed by atoms with E-state index >= 15 is 0 Å². The summed E-state index contributed by atoms with van der Waals surface area (Å²) in [5.74, 6) is -1.64. The molecule has 1 N–H and O–H groups in total. The van der Waals surface area contributed by atoms with Crippen molar-refractivity contribution < 1.29 is 19.5 Å². The van der Waals surface area contributed by atoms with Gasteiger partial charge in [-0.1, -0.05) is 0 Å². The molecule has 6 nitrogen and oxygen atoms in total. The summed E-state index contributed by atoms with van der Waals surface area (Å²) in [6.07, 6.45) is 1.31. The first-order valence-electron chi connectivity index (χ1n) is 7.47. The van der Waals surface area contributed by atoms with Crippen LogP contribution in [-0.2, 0) is 9.59 Å². The van der Waals surface area contributed by atoms with Crippen molar-refractivity contribution in [3.05, 3.63) is 44.8 Å². The van der Waals surface area contributed by atoms with E-state index in [1.54, 1.807) is 12.3 Å². The normalized spacial score (nSPS) is 22.5. The number of hydrogen-bond donors (Lipinski definition) is 1. The van der Waals surface area contributed by atoms with Crippen LogP contribution in [0.25, 0.3) is 0 Å². The lowest BCUT2D eigenvalue weighted by atomic mass is 9.89. The lowest BCUT2D eigenvalue weighted by Crippen LogP contribution is -2.40. The Kier molecular flexibility index (Phi) is 4.50. The molecule has 2 unspecified atom stereocenters. The second-order valence-electron chi connectivity index (χ2n) is 5.84. The van der Waals surface area contributed by atoms with Crippen LogP contribution >= 0.6 is 22.9 Å². The number of rotatable bonds is 3. The summed E-state index contributed by atoms with van der Waals surface area (Å²) in [4.78, 5) is 38.0. The molecule has 1 aliphatic carbocycles. The van der Waals surface area contributed by atoms with Crippen molar-refractivity contribution in [2.75, 3.05) is 0 Å². The molecule has 2 atom stereocenters. The monoisotopic (exact) mass is 376 g/mol. The van der Waals surface area contributed by atoms with Gasteiger partial charge in [-0.05, 0) is 36.6 Å². The fourth-order valence-electron chi connectivity index (χ4n) is 3.22. The number of carbonyl (C=O) groups is 3. The largest absolute Gasteiger partial charge is 0.481 e. The number of fused-ring (bicyclic) bond motifs is 1. The molecule has 0 saturated heterocycles. The van der Waals surface area contributed by atoms with Crippen LogP contribution in [0.5, 0.6) is 0 Å². The second-order valence-corrected chi connectivity index (χ2v) is 7.28. The maximum Gasteiger partial charge on any atom is 0.307 e. The molecule has 3 rings (SSSR count). The van der Waals surface area contributed by atoms with Gasteiger partial charge in [0.1, 0.15) is 10.9 Å². The van der Waals surface area contributed by atoms with Gasteiger partial charge in [-0.3, -0.25) is 14.4 Å². The van der Waals surface area contributed by atoms with Crippen LogP contribution in [-0.4, -0.2) is 39.1 Å². The van der Waals surface area contributed by atoms with E-state index in [2.05, 4.69) is 0 Å². The highest BCUT2D eigenvalue weighted by Gasteiger charge is 2.43. The molecule has 2 heterocycles. The van der Waals surface area contributed by atoms with Gasteiger partial charge in [-0.2, -0.15) is 5.26 Å². The summed E-state index contributed by atoms with van der Waals surface area (Å²) >= 11 is 7.24. The molecule has 1 aromatic heterocycles. The second kappa shape index (κ2) is 6.47. The first-order valence-corrected chi connectivity index (χ1v) is 8.78. The fraction of sp³-hybridized carbons (Fsp3) is 0.294. The van der Waals surface area contributed by atoms with Gasteiger partial charge in [0.2, 0.25) is 0 Å². The molecular weight excluding hydrogens is 364 g/mol. The van der Waals surface area contributed by atoms with Crippen molar-refractivity contribution in [3.63, 3.8) is 0 Å². The number of aliphatic carboxylic acids is 1. The molecule has 0 spiro atoms. The van der Waals surface area contributed by atoms with E-state index in [1.165, 1.54) is 28.4 Å². The Bertz CT molecular complexity index is 893. The van der Waals surface area contributed by atoms with Gasteiger partial charge in [-0.15, -0.1) is 22.9 Å². The Balaban J connectivity index is 2.05. The smallest absolute Gasteiger partial charge is 0.307 e. The lowest BCUT2D eigenvalue weighted by Gasteiger charge is -2.30. The summed E-state index contributed by atoms with van der Waals surface area (Å²) in [5.41, 5.74) is 1.89. The van der Waals surface area contributed by atoms with E-state index < -0.39 is 17.4 Å². The molecule has 0 aromatic carbocycles. The number of ketones is 1. The van der Waals surface area contributed by atoms with Crippen LogP contribution in [0.2, 0.25) is 0 Å². The van der Waals surface area contributed by atoms with E-state index in [1.807, 2.05) is 6.07 Å². The van der Waals surface area contributed by atoms with Gasteiger partial charge >= 0.3 is 5.97 Å². The van der Waals surface area contributed by atoms with Crippen molar-refractivity contribution in [2.24, 2.45) is 0 Å². The molecule has 1 aliphatic heterocycles. The van der Waals surface area contributed by atoms with Crippen LogP contribution < -0.4 is 0 Å².